The molecule has 1 aromatic carbocycles. The average Bonchev–Trinajstić information content (AvgIpc) is 3.65. The van der Waals surface area contributed by atoms with Gasteiger partial charge in [0.05, 0.1) is 45.1 Å². The molecule has 0 aromatic heterocycles. The van der Waals surface area contributed by atoms with Gasteiger partial charge in [0, 0.05) is 70.3 Å². The lowest BCUT2D eigenvalue weighted by Crippen LogP contribution is -2.31. The molecule has 2 amide bonds. The van der Waals surface area contributed by atoms with Gasteiger partial charge in [-0.05, 0) is 18.6 Å². The van der Waals surface area contributed by atoms with Gasteiger partial charge >= 0.3 is 11.9 Å². The topological polar surface area (TPSA) is 169 Å². The highest BCUT2D eigenvalue weighted by Gasteiger charge is 2.40. The van der Waals surface area contributed by atoms with Crippen LogP contribution in [-0.2, 0) is 28.8 Å². The van der Waals surface area contributed by atoms with Crippen molar-refractivity contribution < 1.29 is 38.2 Å². The van der Waals surface area contributed by atoms with E-state index in [1.807, 2.05) is 6.92 Å². The number of thioether (sulfide) groups is 4. The van der Waals surface area contributed by atoms with Gasteiger partial charge < -0.3 is 30.7 Å². The first-order chi connectivity index (χ1) is 22.8. The molecule has 2 heterocycles. The van der Waals surface area contributed by atoms with Crippen molar-refractivity contribution >= 4 is 82.4 Å². The smallest absolute Gasteiger partial charge is 0.308 e. The van der Waals surface area contributed by atoms with Gasteiger partial charge in [0.15, 0.2) is 11.5 Å². The summed E-state index contributed by atoms with van der Waals surface area (Å²) in [5.41, 5.74) is 2.41. The first-order valence-corrected chi connectivity index (χ1v) is 17.8. The van der Waals surface area contributed by atoms with Crippen LogP contribution in [0.2, 0.25) is 0 Å². The molecule has 2 aliphatic carbocycles. The standard InChI is InChI=1S/C32H30N4O8S4/c1-7-8-24(42)36-21-10-17(19(12-23(21)41)35-13(2)37)32-47-29-25(43-14(3)38)27-28(26(30(29)48-32)44-15(4)39)46-31(45-27)16-9-20(34-6)22(40)11-18(16)33-5/h9-12,33-34H,7-8H2,1-6H3,(H,35,37)(H,36,42). The number of ketones is 2. The number of benzene rings is 1. The molecule has 0 radical (unpaired) electrons. The van der Waals surface area contributed by atoms with Gasteiger partial charge in [0.1, 0.15) is 0 Å². The van der Waals surface area contributed by atoms with Crippen LogP contribution in [0.4, 0.5) is 0 Å². The Kier molecular flexibility index (Phi) is 10.7. The maximum absolute atomic E-state index is 12.9. The Bertz CT molecular complexity index is 1850. The number of carbonyl (C=O) groups is 6. The van der Waals surface area contributed by atoms with Crippen molar-refractivity contribution in [2.24, 2.45) is 0 Å². The van der Waals surface area contributed by atoms with Gasteiger partial charge in [0.2, 0.25) is 23.4 Å². The second-order valence-corrected chi connectivity index (χ2v) is 15.0. The zero-order valence-electron chi connectivity index (χ0n) is 26.6. The van der Waals surface area contributed by atoms with Crippen LogP contribution in [0.3, 0.4) is 0 Å². The lowest BCUT2D eigenvalue weighted by Gasteiger charge is -2.18. The number of fused-ring (bicyclic) bond motifs is 2. The molecule has 12 nitrogen and oxygen atoms in total. The normalized spacial score (nSPS) is 16.7. The molecule has 0 bridgehead atoms. The fraction of sp³-hybridized carbons (Fsp3) is 0.250. The number of hydrogen-bond donors (Lipinski definition) is 4. The van der Waals surface area contributed by atoms with Crippen molar-refractivity contribution in [3.05, 3.63) is 66.7 Å². The summed E-state index contributed by atoms with van der Waals surface area (Å²) in [6, 6.07) is 0. The predicted octanol–water partition coefficient (Wildman–Crippen LogP) is 4.55. The third kappa shape index (κ3) is 7.16. The Hall–Kier alpha value is -4.12. The number of allylic oxidation sites excluding steroid dienone is 4. The van der Waals surface area contributed by atoms with E-state index in [1.165, 1.54) is 86.0 Å². The van der Waals surface area contributed by atoms with Crippen molar-refractivity contribution in [1.82, 2.24) is 21.3 Å². The summed E-state index contributed by atoms with van der Waals surface area (Å²) in [7, 11) is 3.36. The summed E-state index contributed by atoms with van der Waals surface area (Å²) >= 11 is 5.04. The van der Waals surface area contributed by atoms with Crippen LogP contribution in [0.15, 0.2) is 86.3 Å². The number of carbonyl (C=O) groups excluding carboxylic acids is 6. The maximum Gasteiger partial charge on any atom is 0.308 e. The molecular weight excluding hydrogens is 697 g/mol. The van der Waals surface area contributed by atoms with E-state index in [1.54, 1.807) is 20.2 Å². The van der Waals surface area contributed by atoms with E-state index in [9.17, 15) is 28.8 Å². The van der Waals surface area contributed by atoms with Crippen molar-refractivity contribution in [1.29, 1.82) is 0 Å². The summed E-state index contributed by atoms with van der Waals surface area (Å²) < 4.78 is 13.0. The van der Waals surface area contributed by atoms with Crippen molar-refractivity contribution in [2.75, 3.05) is 14.1 Å². The predicted molar refractivity (Wildman–Crippen MR) is 184 cm³/mol. The zero-order valence-corrected chi connectivity index (χ0v) is 29.9. The largest absolute Gasteiger partial charge is 0.424 e. The molecule has 0 saturated heterocycles. The van der Waals surface area contributed by atoms with Crippen LogP contribution in [0.1, 0.15) is 40.5 Å². The van der Waals surface area contributed by atoms with Crippen LogP contribution in [0.25, 0.3) is 0 Å². The van der Waals surface area contributed by atoms with E-state index in [2.05, 4.69) is 21.3 Å². The van der Waals surface area contributed by atoms with Gasteiger partial charge in [-0.15, -0.1) is 0 Å². The van der Waals surface area contributed by atoms with Crippen LogP contribution >= 0.6 is 47.0 Å². The van der Waals surface area contributed by atoms with E-state index in [4.69, 9.17) is 9.47 Å². The summed E-state index contributed by atoms with van der Waals surface area (Å²) in [5.74, 6) is -2.05. The minimum atomic E-state index is -0.572. The van der Waals surface area contributed by atoms with Gasteiger partial charge in [-0.2, -0.15) is 0 Å². The maximum atomic E-state index is 12.9. The van der Waals surface area contributed by atoms with E-state index in [0.717, 1.165) is 9.81 Å². The molecule has 0 fully saturated rings. The number of rotatable bonds is 8. The number of amides is 2. The van der Waals surface area contributed by atoms with Crippen molar-refractivity contribution in [3.8, 4) is 11.5 Å². The molecule has 16 heteroatoms. The minimum absolute atomic E-state index is 0.0425. The molecule has 0 unspecified atom stereocenters. The molecule has 5 rings (SSSR count). The lowest BCUT2D eigenvalue weighted by atomic mass is 10.0. The average molecular weight is 727 g/mol. The Balaban J connectivity index is 1.69. The number of hydrogen-bond acceptors (Lipinski definition) is 14. The SMILES string of the molecule is CCCC(=O)NC1=CC(=C2Sc3c(OC(C)=O)c4c(c(OC(C)=O)c3S2)SC(=C2C=C(NC)C(=O)C=C2NC)S4)C(NC(C)=O)=CC1=O. The zero-order chi connectivity index (χ0) is 34.9. The van der Waals surface area contributed by atoms with Crippen molar-refractivity contribution in [3.63, 3.8) is 0 Å². The fourth-order valence-electron chi connectivity index (χ4n) is 4.82. The quantitative estimate of drug-likeness (QED) is 0.218. The monoisotopic (exact) mass is 726 g/mol. The molecule has 4 aliphatic rings. The van der Waals surface area contributed by atoms with E-state index in [-0.39, 0.29) is 41.0 Å². The second-order valence-electron chi connectivity index (χ2n) is 10.4. The lowest BCUT2D eigenvalue weighted by molar-refractivity contribution is -0.133. The molecule has 4 N–H and O–H groups in total. The number of nitrogens with one attached hydrogen (secondary N) is 4. The minimum Gasteiger partial charge on any atom is -0.424 e. The Labute approximate surface area is 293 Å². The van der Waals surface area contributed by atoms with E-state index < -0.39 is 23.6 Å². The number of esters is 2. The first kappa shape index (κ1) is 35.2. The van der Waals surface area contributed by atoms with Crippen LogP contribution in [0.5, 0.6) is 11.5 Å². The highest BCUT2D eigenvalue weighted by Crippen LogP contribution is 2.69. The third-order valence-corrected chi connectivity index (χ3v) is 12.0. The highest BCUT2D eigenvalue weighted by molar-refractivity contribution is 8.26. The summed E-state index contributed by atoms with van der Waals surface area (Å²) in [6.07, 6.45) is 6.77. The summed E-state index contributed by atoms with van der Waals surface area (Å²) in [4.78, 5) is 77.1. The van der Waals surface area contributed by atoms with E-state index >= 15 is 0 Å². The molecule has 0 saturated carbocycles. The van der Waals surface area contributed by atoms with Gasteiger partial charge in [-0.1, -0.05) is 54.0 Å². The third-order valence-electron chi connectivity index (χ3n) is 6.79. The van der Waals surface area contributed by atoms with Gasteiger partial charge in [0.25, 0.3) is 0 Å². The van der Waals surface area contributed by atoms with Crippen LogP contribution < -0.4 is 30.7 Å². The second kappa shape index (κ2) is 14.6. The van der Waals surface area contributed by atoms with Gasteiger partial charge in [-0.25, -0.2) is 0 Å². The fourth-order valence-corrected chi connectivity index (χ4v) is 10.3. The molecule has 48 heavy (non-hydrogen) atoms. The molecule has 0 atom stereocenters. The molecule has 250 valence electrons. The van der Waals surface area contributed by atoms with Gasteiger partial charge in [-0.3, -0.25) is 28.8 Å². The first-order valence-electron chi connectivity index (χ1n) is 14.5. The van der Waals surface area contributed by atoms with Crippen molar-refractivity contribution in [2.45, 2.75) is 60.1 Å². The Morgan fingerprint density at radius 3 is 1.50 bits per heavy atom. The molecular formula is C32H30N4O8S4. The Morgan fingerprint density at radius 2 is 1.06 bits per heavy atom. The molecule has 0 spiro atoms. The van der Waals surface area contributed by atoms with Crippen LogP contribution in [0, 0.1) is 0 Å². The highest BCUT2D eigenvalue weighted by atomic mass is 32.2. The molecule has 2 aliphatic heterocycles. The number of ether oxygens (including phenoxy) is 2. The van der Waals surface area contributed by atoms with Crippen LogP contribution in [-0.4, -0.2) is 49.4 Å². The number of likely N-dealkylation sites (N-methyl/N-ethyl adjacent to an activating group) is 2. The Morgan fingerprint density at radius 1 is 0.625 bits per heavy atom. The summed E-state index contributed by atoms with van der Waals surface area (Å²) in [5, 5.41) is 11.3. The molecule has 1 aromatic rings. The summed E-state index contributed by atoms with van der Waals surface area (Å²) in [6.45, 7) is 5.73. The van der Waals surface area contributed by atoms with E-state index in [0.29, 0.717) is 47.2 Å².